The van der Waals surface area contributed by atoms with Crippen molar-refractivity contribution in [2.24, 2.45) is 9.98 Å². The summed E-state index contributed by atoms with van der Waals surface area (Å²) in [6, 6.07) is 0. The molecule has 0 unspecified atom stereocenters. The Morgan fingerprint density at radius 2 is 2.09 bits per heavy atom. The van der Waals surface area contributed by atoms with Gasteiger partial charge in [0.1, 0.15) is 0 Å². The summed E-state index contributed by atoms with van der Waals surface area (Å²) < 4.78 is 0. The SMILES string of the molecule is C=C/C(=C\C)N=CC(C)=NC. The molecule has 0 bridgehead atoms. The van der Waals surface area contributed by atoms with E-state index in [-0.39, 0.29) is 0 Å². The minimum absolute atomic E-state index is 0.869. The second-order valence-electron chi connectivity index (χ2n) is 2.04. The second kappa shape index (κ2) is 5.59. The number of nitrogens with zero attached hydrogens (tertiary/aromatic N) is 2. The fourth-order valence-corrected chi connectivity index (χ4v) is 0.471. The van der Waals surface area contributed by atoms with E-state index in [9.17, 15) is 0 Å². The molecule has 0 N–H and O–H groups in total. The van der Waals surface area contributed by atoms with Crippen LogP contribution in [0.5, 0.6) is 0 Å². The van der Waals surface area contributed by atoms with E-state index >= 15 is 0 Å². The average Bonchev–Trinajstić information content (AvgIpc) is 2.06. The molecule has 0 aromatic carbocycles. The van der Waals surface area contributed by atoms with Crippen molar-refractivity contribution in [1.82, 2.24) is 0 Å². The van der Waals surface area contributed by atoms with Gasteiger partial charge >= 0.3 is 0 Å². The van der Waals surface area contributed by atoms with Gasteiger partial charge in [-0.15, -0.1) is 0 Å². The van der Waals surface area contributed by atoms with Crippen LogP contribution in [0.4, 0.5) is 0 Å². The van der Waals surface area contributed by atoms with E-state index in [0.717, 1.165) is 11.4 Å². The van der Waals surface area contributed by atoms with Crippen LogP contribution in [0.3, 0.4) is 0 Å². The largest absolute Gasteiger partial charge is 0.292 e. The third-order valence-corrected chi connectivity index (χ3v) is 1.26. The summed E-state index contributed by atoms with van der Waals surface area (Å²) in [4.78, 5) is 8.05. The first-order valence-electron chi connectivity index (χ1n) is 3.50. The van der Waals surface area contributed by atoms with Gasteiger partial charge in [0.15, 0.2) is 0 Å². The lowest BCUT2D eigenvalue weighted by Gasteiger charge is -1.89. The maximum Gasteiger partial charge on any atom is 0.0581 e. The Bertz CT molecular complexity index is 210. The minimum Gasteiger partial charge on any atom is -0.292 e. The monoisotopic (exact) mass is 150 g/mol. The number of hydrogen-bond donors (Lipinski definition) is 0. The fraction of sp³-hybridized carbons (Fsp3) is 0.333. The van der Waals surface area contributed by atoms with Crippen LogP contribution in [-0.4, -0.2) is 19.0 Å². The predicted molar refractivity (Wildman–Crippen MR) is 51.5 cm³/mol. The van der Waals surface area contributed by atoms with Crippen LogP contribution in [0, 0.1) is 0 Å². The first-order valence-corrected chi connectivity index (χ1v) is 3.50. The zero-order valence-corrected chi connectivity index (χ0v) is 7.33. The molecule has 11 heavy (non-hydrogen) atoms. The topological polar surface area (TPSA) is 24.7 Å². The van der Waals surface area contributed by atoms with Gasteiger partial charge in [0.05, 0.1) is 5.70 Å². The van der Waals surface area contributed by atoms with Crippen LogP contribution in [0.1, 0.15) is 13.8 Å². The molecule has 2 heteroatoms. The smallest absolute Gasteiger partial charge is 0.0581 e. The Morgan fingerprint density at radius 3 is 2.45 bits per heavy atom. The van der Waals surface area contributed by atoms with Crippen LogP contribution in [0.15, 0.2) is 34.4 Å². The number of allylic oxidation sites excluding steroid dienone is 2. The maximum absolute atomic E-state index is 4.12. The van der Waals surface area contributed by atoms with Crippen LogP contribution < -0.4 is 0 Å². The summed E-state index contributed by atoms with van der Waals surface area (Å²) >= 11 is 0. The number of rotatable bonds is 3. The fourth-order valence-electron chi connectivity index (χ4n) is 0.471. The lowest BCUT2D eigenvalue weighted by atomic mass is 10.4. The van der Waals surface area contributed by atoms with Gasteiger partial charge in [-0.05, 0) is 19.9 Å². The van der Waals surface area contributed by atoms with Gasteiger partial charge in [0.25, 0.3) is 0 Å². The molecule has 0 aliphatic rings. The number of aliphatic imine (C=N–C) groups is 2. The van der Waals surface area contributed by atoms with Crippen molar-refractivity contribution in [2.75, 3.05) is 7.05 Å². The highest BCUT2D eigenvalue weighted by Crippen LogP contribution is 1.94. The minimum atomic E-state index is 0.869. The molecule has 0 aromatic heterocycles. The van der Waals surface area contributed by atoms with Gasteiger partial charge in [-0.1, -0.05) is 12.7 Å². The van der Waals surface area contributed by atoms with Gasteiger partial charge < -0.3 is 0 Å². The van der Waals surface area contributed by atoms with Gasteiger partial charge in [0, 0.05) is 19.0 Å². The molecule has 0 fully saturated rings. The average molecular weight is 150 g/mol. The Kier molecular flexibility index (Phi) is 4.99. The molecule has 0 saturated carbocycles. The first kappa shape index (κ1) is 9.82. The van der Waals surface area contributed by atoms with Crippen molar-refractivity contribution in [3.8, 4) is 0 Å². The molecule has 0 radical (unpaired) electrons. The van der Waals surface area contributed by atoms with Crippen LogP contribution >= 0.6 is 0 Å². The maximum atomic E-state index is 4.12. The molecule has 0 spiro atoms. The van der Waals surface area contributed by atoms with Crippen molar-refractivity contribution >= 4 is 11.9 Å². The van der Waals surface area contributed by atoms with Crippen molar-refractivity contribution in [2.45, 2.75) is 13.8 Å². The number of hydrogen-bond acceptors (Lipinski definition) is 2. The van der Waals surface area contributed by atoms with Gasteiger partial charge in [0.2, 0.25) is 0 Å². The van der Waals surface area contributed by atoms with E-state index in [1.54, 1.807) is 19.3 Å². The van der Waals surface area contributed by atoms with E-state index in [4.69, 9.17) is 0 Å². The Balaban J connectivity index is 4.23. The van der Waals surface area contributed by atoms with Gasteiger partial charge in [-0.25, -0.2) is 0 Å². The third kappa shape index (κ3) is 4.25. The molecule has 0 atom stereocenters. The van der Waals surface area contributed by atoms with Crippen molar-refractivity contribution < 1.29 is 0 Å². The zero-order valence-electron chi connectivity index (χ0n) is 7.33. The second-order valence-corrected chi connectivity index (χ2v) is 2.04. The quantitative estimate of drug-likeness (QED) is 0.435. The lowest BCUT2D eigenvalue weighted by molar-refractivity contribution is 1.39. The molecule has 0 aromatic rings. The summed E-state index contributed by atoms with van der Waals surface area (Å²) in [7, 11) is 1.74. The molecule has 60 valence electrons. The summed E-state index contributed by atoms with van der Waals surface area (Å²) in [6.45, 7) is 7.44. The highest BCUT2D eigenvalue weighted by atomic mass is 14.8. The first-order chi connectivity index (χ1) is 5.24. The molecular formula is C9H14N2. The summed E-state index contributed by atoms with van der Waals surface area (Å²) in [5.74, 6) is 0. The predicted octanol–water partition coefficient (Wildman–Crippen LogP) is 2.24. The summed E-state index contributed by atoms with van der Waals surface area (Å²) in [5.41, 5.74) is 1.78. The Morgan fingerprint density at radius 1 is 1.45 bits per heavy atom. The van der Waals surface area contributed by atoms with Crippen molar-refractivity contribution in [1.29, 1.82) is 0 Å². The summed E-state index contributed by atoms with van der Waals surface area (Å²) in [6.07, 6.45) is 5.32. The van der Waals surface area contributed by atoms with Crippen LogP contribution in [0.25, 0.3) is 0 Å². The van der Waals surface area contributed by atoms with E-state index in [1.807, 2.05) is 19.9 Å². The third-order valence-electron chi connectivity index (χ3n) is 1.26. The van der Waals surface area contributed by atoms with Crippen LogP contribution in [0.2, 0.25) is 0 Å². The normalized spacial score (nSPS) is 14.1. The molecule has 0 heterocycles. The van der Waals surface area contributed by atoms with E-state index in [0.29, 0.717) is 0 Å². The molecule has 2 nitrogen and oxygen atoms in total. The molecule has 0 amide bonds. The molecule has 0 aliphatic carbocycles. The van der Waals surface area contributed by atoms with E-state index < -0.39 is 0 Å². The highest BCUT2D eigenvalue weighted by Gasteiger charge is 1.82. The van der Waals surface area contributed by atoms with Crippen molar-refractivity contribution in [3.05, 3.63) is 24.4 Å². The van der Waals surface area contributed by atoms with Crippen molar-refractivity contribution in [3.63, 3.8) is 0 Å². The van der Waals surface area contributed by atoms with Gasteiger partial charge in [-0.3, -0.25) is 9.98 Å². The summed E-state index contributed by atoms with van der Waals surface area (Å²) in [5, 5.41) is 0. The Labute approximate surface area is 68.1 Å². The van der Waals surface area contributed by atoms with Crippen LogP contribution in [-0.2, 0) is 0 Å². The molecular weight excluding hydrogens is 136 g/mol. The molecule has 0 saturated heterocycles. The zero-order chi connectivity index (χ0) is 8.69. The lowest BCUT2D eigenvalue weighted by Crippen LogP contribution is -1.91. The standard InChI is InChI=1S/C9H14N2/c1-5-9(6-2)11-7-8(3)10-4/h5-7H,1H2,2-4H3/b9-6+,10-8?,11-7?. The highest BCUT2D eigenvalue weighted by molar-refractivity contribution is 6.29. The van der Waals surface area contributed by atoms with E-state index in [2.05, 4.69) is 16.6 Å². The molecule has 0 aliphatic heterocycles. The molecule has 0 rings (SSSR count). The Hall–Kier alpha value is -1.18. The van der Waals surface area contributed by atoms with Gasteiger partial charge in [-0.2, -0.15) is 0 Å². The van der Waals surface area contributed by atoms with E-state index in [1.165, 1.54) is 0 Å².